The highest BCUT2D eigenvalue weighted by Crippen LogP contribution is 2.20. The fraction of sp³-hybridized carbons (Fsp3) is 0.200. The molecule has 2 heterocycles. The molecule has 4 nitrogen and oxygen atoms in total. The smallest absolute Gasteiger partial charge is 0.359 e. The quantitative estimate of drug-likeness (QED) is 0.745. The van der Waals surface area contributed by atoms with Crippen LogP contribution in [0.5, 0.6) is 0 Å². The third-order valence-corrected chi connectivity index (χ3v) is 2.84. The standard InChI is InChI=1S/C10H9BrN2O2/c1-6-3-4-7-12-8(10(14)15-2)9(11)13(7)5-6/h3-5H,1-2H3. The summed E-state index contributed by atoms with van der Waals surface area (Å²) in [6.07, 6.45) is 1.90. The summed E-state index contributed by atoms with van der Waals surface area (Å²) in [6.45, 7) is 1.98. The van der Waals surface area contributed by atoms with Crippen LogP contribution in [0, 0.1) is 6.92 Å². The number of pyridine rings is 1. The van der Waals surface area contributed by atoms with Crippen molar-refractivity contribution in [3.63, 3.8) is 0 Å². The lowest BCUT2D eigenvalue weighted by molar-refractivity contribution is 0.0593. The van der Waals surface area contributed by atoms with Crippen molar-refractivity contribution in [3.8, 4) is 0 Å². The van der Waals surface area contributed by atoms with E-state index in [-0.39, 0.29) is 0 Å². The predicted molar refractivity (Wildman–Crippen MR) is 59.0 cm³/mol. The fourth-order valence-corrected chi connectivity index (χ4v) is 1.88. The predicted octanol–water partition coefficient (Wildman–Crippen LogP) is 2.19. The summed E-state index contributed by atoms with van der Waals surface area (Å²) in [5.74, 6) is -0.441. The van der Waals surface area contributed by atoms with Gasteiger partial charge in [-0.05, 0) is 34.5 Å². The Morgan fingerprint density at radius 2 is 2.27 bits per heavy atom. The number of carbonyl (C=O) groups is 1. The van der Waals surface area contributed by atoms with Gasteiger partial charge in [-0.3, -0.25) is 4.40 Å². The number of ether oxygens (including phenoxy) is 1. The molecule has 0 unspecified atom stereocenters. The van der Waals surface area contributed by atoms with Crippen LogP contribution in [0.3, 0.4) is 0 Å². The lowest BCUT2D eigenvalue weighted by atomic mass is 10.3. The van der Waals surface area contributed by atoms with Crippen molar-refractivity contribution in [1.82, 2.24) is 9.38 Å². The summed E-state index contributed by atoms with van der Waals surface area (Å²) in [6, 6.07) is 3.79. The minimum Gasteiger partial charge on any atom is -0.464 e. The van der Waals surface area contributed by atoms with Crippen molar-refractivity contribution in [2.24, 2.45) is 0 Å². The molecule has 0 N–H and O–H groups in total. The molecule has 0 saturated carbocycles. The largest absolute Gasteiger partial charge is 0.464 e. The van der Waals surface area contributed by atoms with Crippen LogP contribution in [-0.2, 0) is 4.74 Å². The molecule has 2 aromatic heterocycles. The molecule has 0 aromatic carbocycles. The van der Waals surface area contributed by atoms with Crippen molar-refractivity contribution in [3.05, 3.63) is 34.2 Å². The Bertz CT molecular complexity index is 533. The van der Waals surface area contributed by atoms with Crippen molar-refractivity contribution < 1.29 is 9.53 Å². The van der Waals surface area contributed by atoms with Gasteiger partial charge in [-0.2, -0.15) is 0 Å². The molecule has 15 heavy (non-hydrogen) atoms. The summed E-state index contributed by atoms with van der Waals surface area (Å²) in [4.78, 5) is 15.5. The highest BCUT2D eigenvalue weighted by molar-refractivity contribution is 9.10. The molecule has 0 spiro atoms. The minimum atomic E-state index is -0.441. The molecular formula is C10H9BrN2O2. The monoisotopic (exact) mass is 268 g/mol. The van der Waals surface area contributed by atoms with Crippen LogP contribution in [-0.4, -0.2) is 22.5 Å². The van der Waals surface area contributed by atoms with Gasteiger partial charge >= 0.3 is 5.97 Å². The number of carbonyl (C=O) groups excluding carboxylic acids is 1. The topological polar surface area (TPSA) is 43.6 Å². The summed E-state index contributed by atoms with van der Waals surface area (Å²) in [5.41, 5.74) is 2.10. The van der Waals surface area contributed by atoms with E-state index in [1.807, 2.05) is 29.7 Å². The molecule has 2 rings (SSSR count). The molecular weight excluding hydrogens is 260 g/mol. The van der Waals surface area contributed by atoms with Gasteiger partial charge in [0.05, 0.1) is 7.11 Å². The number of imidazole rings is 1. The summed E-state index contributed by atoms with van der Waals surface area (Å²) in [7, 11) is 1.34. The number of hydrogen-bond acceptors (Lipinski definition) is 3. The van der Waals surface area contributed by atoms with Crippen LogP contribution in [0.15, 0.2) is 22.9 Å². The number of nitrogens with zero attached hydrogens (tertiary/aromatic N) is 2. The van der Waals surface area contributed by atoms with Crippen molar-refractivity contribution >= 4 is 27.5 Å². The number of rotatable bonds is 1. The second kappa shape index (κ2) is 3.66. The zero-order valence-corrected chi connectivity index (χ0v) is 9.91. The molecule has 0 aliphatic rings. The molecule has 0 aliphatic heterocycles. The fourth-order valence-electron chi connectivity index (χ4n) is 1.35. The highest BCUT2D eigenvalue weighted by Gasteiger charge is 2.17. The van der Waals surface area contributed by atoms with E-state index in [0.717, 1.165) is 5.56 Å². The molecule has 0 saturated heterocycles. The normalized spacial score (nSPS) is 10.6. The molecule has 0 radical (unpaired) electrons. The third-order valence-electron chi connectivity index (χ3n) is 2.09. The zero-order chi connectivity index (χ0) is 11.0. The molecule has 0 aliphatic carbocycles. The van der Waals surface area contributed by atoms with Crippen molar-refractivity contribution in [2.75, 3.05) is 7.11 Å². The van der Waals surface area contributed by atoms with Gasteiger partial charge < -0.3 is 4.74 Å². The Morgan fingerprint density at radius 3 is 2.93 bits per heavy atom. The average molecular weight is 269 g/mol. The second-order valence-electron chi connectivity index (χ2n) is 3.18. The van der Waals surface area contributed by atoms with E-state index < -0.39 is 5.97 Å². The molecule has 0 fully saturated rings. The summed E-state index contributed by atoms with van der Waals surface area (Å²) < 4.78 is 7.06. The van der Waals surface area contributed by atoms with Crippen molar-refractivity contribution in [2.45, 2.75) is 6.92 Å². The molecule has 2 aromatic rings. The molecule has 5 heteroatoms. The van der Waals surface area contributed by atoms with Gasteiger partial charge in [-0.25, -0.2) is 9.78 Å². The first kappa shape index (κ1) is 10.2. The molecule has 0 bridgehead atoms. The van der Waals surface area contributed by atoms with Gasteiger partial charge in [0, 0.05) is 6.20 Å². The zero-order valence-electron chi connectivity index (χ0n) is 8.32. The Kier molecular flexibility index (Phi) is 2.48. The second-order valence-corrected chi connectivity index (χ2v) is 3.93. The summed E-state index contributed by atoms with van der Waals surface area (Å²) in [5, 5.41) is 0. The lowest BCUT2D eigenvalue weighted by Crippen LogP contribution is -2.02. The maximum Gasteiger partial charge on any atom is 0.359 e. The van der Waals surface area contributed by atoms with Crippen LogP contribution in [0.1, 0.15) is 16.1 Å². The molecule has 0 atom stereocenters. The molecule has 0 amide bonds. The Morgan fingerprint density at radius 1 is 1.53 bits per heavy atom. The maximum absolute atomic E-state index is 11.4. The SMILES string of the molecule is COC(=O)c1nc2ccc(C)cn2c1Br. The van der Waals surface area contributed by atoms with E-state index in [1.54, 1.807) is 0 Å². The Labute approximate surface area is 95.0 Å². The summed E-state index contributed by atoms with van der Waals surface area (Å²) >= 11 is 3.33. The van der Waals surface area contributed by atoms with Crippen LogP contribution in [0.2, 0.25) is 0 Å². The number of aryl methyl sites for hydroxylation is 1. The van der Waals surface area contributed by atoms with E-state index >= 15 is 0 Å². The first-order valence-corrected chi connectivity index (χ1v) is 5.15. The number of methoxy groups -OCH3 is 1. The Balaban J connectivity index is 2.69. The van der Waals surface area contributed by atoms with Crippen molar-refractivity contribution in [1.29, 1.82) is 0 Å². The number of halogens is 1. The highest BCUT2D eigenvalue weighted by atomic mass is 79.9. The Hall–Kier alpha value is -1.36. The van der Waals surface area contributed by atoms with Gasteiger partial charge in [0.1, 0.15) is 10.3 Å². The number of fused-ring (bicyclic) bond motifs is 1. The van der Waals surface area contributed by atoms with Gasteiger partial charge in [0.15, 0.2) is 5.69 Å². The van der Waals surface area contributed by atoms with Gasteiger partial charge in [0.2, 0.25) is 0 Å². The van der Waals surface area contributed by atoms with E-state index in [9.17, 15) is 4.79 Å². The third kappa shape index (κ3) is 1.63. The first-order chi connectivity index (χ1) is 7.13. The van der Waals surface area contributed by atoms with E-state index in [0.29, 0.717) is 15.9 Å². The average Bonchev–Trinajstić information content (AvgIpc) is 2.55. The minimum absolute atomic E-state index is 0.295. The number of aromatic nitrogens is 2. The first-order valence-electron chi connectivity index (χ1n) is 4.36. The number of hydrogen-bond donors (Lipinski definition) is 0. The van der Waals surface area contributed by atoms with Crippen LogP contribution in [0.4, 0.5) is 0 Å². The van der Waals surface area contributed by atoms with Gasteiger partial charge in [-0.15, -0.1) is 0 Å². The molecule has 78 valence electrons. The van der Waals surface area contributed by atoms with Crippen LogP contribution >= 0.6 is 15.9 Å². The van der Waals surface area contributed by atoms with E-state index in [4.69, 9.17) is 0 Å². The van der Waals surface area contributed by atoms with Crippen LogP contribution < -0.4 is 0 Å². The van der Waals surface area contributed by atoms with Gasteiger partial charge in [-0.1, -0.05) is 6.07 Å². The van der Waals surface area contributed by atoms with Crippen LogP contribution in [0.25, 0.3) is 5.65 Å². The van der Waals surface area contributed by atoms with E-state index in [1.165, 1.54) is 7.11 Å². The number of esters is 1. The van der Waals surface area contributed by atoms with Gasteiger partial charge in [0.25, 0.3) is 0 Å². The maximum atomic E-state index is 11.4. The van der Waals surface area contributed by atoms with E-state index in [2.05, 4.69) is 25.7 Å². The lowest BCUT2D eigenvalue weighted by Gasteiger charge is -1.96.